The Labute approximate surface area is 308 Å². The van der Waals surface area contributed by atoms with Crippen molar-refractivity contribution in [1.82, 2.24) is 14.1 Å². The zero-order chi connectivity index (χ0) is 33.9. The van der Waals surface area contributed by atoms with Gasteiger partial charge in [-0.05, 0) is 63.4 Å². The number of ether oxygens (including phenoxy) is 1. The van der Waals surface area contributed by atoms with E-state index in [1.807, 2.05) is 35.0 Å². The number of fused-ring (bicyclic) bond motifs is 4. The first-order valence-corrected chi connectivity index (χ1v) is 16.7. The molecule has 8 aromatic rings. The molecule has 3 heterocycles. The minimum Gasteiger partial charge on any atom is -0.510 e. The number of rotatable bonds is 5. The van der Waals surface area contributed by atoms with Gasteiger partial charge in [0.15, 0.2) is 0 Å². The van der Waals surface area contributed by atoms with Crippen molar-refractivity contribution in [1.29, 1.82) is 0 Å². The van der Waals surface area contributed by atoms with Crippen LogP contribution in [-0.4, -0.2) is 14.1 Å². The summed E-state index contributed by atoms with van der Waals surface area (Å²) in [5.74, 6) is 2.06. The van der Waals surface area contributed by atoms with E-state index in [9.17, 15) is 0 Å². The Morgan fingerprint density at radius 3 is 2.14 bits per heavy atom. The van der Waals surface area contributed by atoms with Gasteiger partial charge >= 0.3 is 0 Å². The molecule has 0 N–H and O–H groups in total. The molecule has 8 rings (SSSR count). The quantitative estimate of drug-likeness (QED) is 0.128. The summed E-state index contributed by atoms with van der Waals surface area (Å²) >= 11 is 0. The number of nitrogens with zero attached hydrogens (tertiary/aromatic N) is 4. The van der Waals surface area contributed by atoms with E-state index in [0.29, 0.717) is 11.5 Å². The number of para-hydroxylation sites is 3. The maximum absolute atomic E-state index is 6.49. The second-order valence-electron chi connectivity index (χ2n) is 14.7. The molecule has 6 heteroatoms. The Bertz CT molecular complexity index is 2510. The summed E-state index contributed by atoms with van der Waals surface area (Å²) in [6, 6.07) is 46.9. The van der Waals surface area contributed by atoms with Gasteiger partial charge in [0.05, 0.1) is 16.7 Å². The Balaban J connectivity index is 0.00000392. The second kappa shape index (κ2) is 12.7. The molecule has 5 aromatic carbocycles. The van der Waals surface area contributed by atoms with Gasteiger partial charge in [-0.2, -0.15) is 18.2 Å². The smallest absolute Gasteiger partial charge is 0.268 e. The van der Waals surface area contributed by atoms with Crippen LogP contribution < -0.4 is 9.30 Å². The molecule has 0 saturated carbocycles. The fourth-order valence-electron chi connectivity index (χ4n) is 6.47. The molecule has 50 heavy (non-hydrogen) atoms. The van der Waals surface area contributed by atoms with Crippen LogP contribution in [0.15, 0.2) is 121 Å². The Morgan fingerprint density at radius 2 is 1.34 bits per heavy atom. The Kier molecular flexibility index (Phi) is 8.52. The average molecular weight is 834 g/mol. The molecular formula is C44H38N4OPt-2. The van der Waals surface area contributed by atoms with Gasteiger partial charge < -0.3 is 13.9 Å². The van der Waals surface area contributed by atoms with Crippen molar-refractivity contribution in [3.8, 4) is 28.7 Å². The summed E-state index contributed by atoms with van der Waals surface area (Å²) in [4.78, 5) is 4.81. The van der Waals surface area contributed by atoms with Crippen LogP contribution in [0, 0.1) is 18.5 Å². The van der Waals surface area contributed by atoms with E-state index in [0.717, 1.165) is 50.0 Å². The van der Waals surface area contributed by atoms with E-state index in [2.05, 4.69) is 160 Å². The van der Waals surface area contributed by atoms with Gasteiger partial charge in [-0.1, -0.05) is 102 Å². The van der Waals surface area contributed by atoms with Crippen molar-refractivity contribution < 1.29 is 30.4 Å². The molecule has 0 fully saturated rings. The number of aromatic nitrogens is 4. The molecule has 0 aliphatic rings. The topological polar surface area (TPSA) is 35.9 Å². The van der Waals surface area contributed by atoms with Crippen LogP contribution in [0.25, 0.3) is 50.0 Å². The van der Waals surface area contributed by atoms with Crippen LogP contribution in [0.1, 0.15) is 52.7 Å². The summed E-state index contributed by atoms with van der Waals surface area (Å²) in [7, 11) is 0. The van der Waals surface area contributed by atoms with Gasteiger partial charge in [0.2, 0.25) is 0 Å². The summed E-state index contributed by atoms with van der Waals surface area (Å²) in [6.45, 7) is 13.4. The first-order chi connectivity index (χ1) is 23.5. The van der Waals surface area contributed by atoms with E-state index in [1.165, 1.54) is 11.1 Å². The molecule has 0 amide bonds. The van der Waals surface area contributed by atoms with Gasteiger partial charge in [0, 0.05) is 44.3 Å². The van der Waals surface area contributed by atoms with Crippen molar-refractivity contribution in [2.45, 2.75) is 52.4 Å². The second-order valence-corrected chi connectivity index (χ2v) is 14.7. The Hall–Kier alpha value is -4.99. The SMILES string of the molecule is CC(C)(C)c1cccc(-[n+]2[c-]n(-c3[c-]c(Oc4[c-]c5c(cc4)c4ccccc4n5-c4cc(C(C)(C)C)ccn4)ccc3)c3ccccc32)c1.[Pt]. The van der Waals surface area contributed by atoms with Gasteiger partial charge in [0.25, 0.3) is 6.33 Å². The normalized spacial score (nSPS) is 12.0. The maximum atomic E-state index is 6.49. The third-order valence-electron chi connectivity index (χ3n) is 9.15. The van der Waals surface area contributed by atoms with Crippen LogP contribution in [0.2, 0.25) is 0 Å². The molecule has 0 radical (unpaired) electrons. The van der Waals surface area contributed by atoms with E-state index in [-0.39, 0.29) is 31.9 Å². The van der Waals surface area contributed by atoms with E-state index in [1.54, 1.807) is 0 Å². The molecule has 0 saturated heterocycles. The molecule has 0 bridgehead atoms. The number of hydrogen-bond acceptors (Lipinski definition) is 2. The van der Waals surface area contributed by atoms with Crippen LogP contribution in [-0.2, 0) is 31.9 Å². The van der Waals surface area contributed by atoms with Crippen molar-refractivity contribution in [2.75, 3.05) is 0 Å². The number of benzene rings is 5. The number of imidazole rings is 1. The molecule has 0 atom stereocenters. The summed E-state index contributed by atoms with van der Waals surface area (Å²) in [5.41, 5.74) is 8.50. The standard InChI is InChI=1S/C44H38N4O.Pt/c1-43(2,3)30-13-11-14-32(25-30)46-29-47(40-20-10-9-19-39(40)46)33-15-12-16-34(27-33)49-35-21-22-37-36-17-7-8-18-38(36)48(41(37)28-35)42-26-31(23-24-45-42)44(4,5)6;/h7-26H,1-6H3;/q-2;. The zero-order valence-corrected chi connectivity index (χ0v) is 31.3. The molecule has 0 aliphatic heterocycles. The predicted molar refractivity (Wildman–Crippen MR) is 197 cm³/mol. The van der Waals surface area contributed by atoms with Crippen LogP contribution in [0.5, 0.6) is 11.5 Å². The molecule has 0 unspecified atom stereocenters. The zero-order valence-electron chi connectivity index (χ0n) is 29.1. The minimum absolute atomic E-state index is 0. The number of pyridine rings is 1. The third-order valence-corrected chi connectivity index (χ3v) is 9.15. The summed E-state index contributed by atoms with van der Waals surface area (Å²) in [5, 5.41) is 2.24. The molecule has 252 valence electrons. The first kappa shape index (κ1) is 33.5. The predicted octanol–water partition coefficient (Wildman–Crippen LogP) is 10.2. The Morgan fingerprint density at radius 1 is 0.640 bits per heavy atom. The fourth-order valence-corrected chi connectivity index (χ4v) is 6.47. The van der Waals surface area contributed by atoms with Crippen LogP contribution >= 0.6 is 0 Å². The first-order valence-electron chi connectivity index (χ1n) is 16.7. The van der Waals surface area contributed by atoms with E-state index >= 15 is 0 Å². The number of hydrogen-bond donors (Lipinski definition) is 0. The molecule has 5 nitrogen and oxygen atoms in total. The van der Waals surface area contributed by atoms with Gasteiger partial charge in [0.1, 0.15) is 5.82 Å². The molecule has 0 aliphatic carbocycles. The molecular weight excluding hydrogens is 796 g/mol. The summed E-state index contributed by atoms with van der Waals surface area (Å²) < 4.78 is 12.8. The fraction of sp³-hybridized carbons (Fsp3) is 0.182. The maximum Gasteiger partial charge on any atom is 0.268 e. The van der Waals surface area contributed by atoms with E-state index < -0.39 is 0 Å². The molecule has 0 spiro atoms. The van der Waals surface area contributed by atoms with Crippen molar-refractivity contribution in [3.05, 3.63) is 151 Å². The van der Waals surface area contributed by atoms with Crippen LogP contribution in [0.3, 0.4) is 0 Å². The van der Waals surface area contributed by atoms with Gasteiger partial charge in [-0.25, -0.2) is 4.98 Å². The van der Waals surface area contributed by atoms with Crippen molar-refractivity contribution >= 4 is 32.8 Å². The molecule has 3 aromatic heterocycles. The summed E-state index contributed by atoms with van der Waals surface area (Å²) in [6.07, 6.45) is 5.49. The van der Waals surface area contributed by atoms with Crippen molar-refractivity contribution in [3.63, 3.8) is 0 Å². The van der Waals surface area contributed by atoms with Gasteiger partial charge in [-0.15, -0.1) is 29.7 Å². The van der Waals surface area contributed by atoms with Crippen LogP contribution in [0.4, 0.5) is 0 Å². The monoisotopic (exact) mass is 833 g/mol. The largest absolute Gasteiger partial charge is 0.510 e. The van der Waals surface area contributed by atoms with Crippen molar-refractivity contribution in [2.24, 2.45) is 0 Å². The minimum atomic E-state index is -0.00646. The average Bonchev–Trinajstić information content (AvgIpc) is 3.64. The van der Waals surface area contributed by atoms with E-state index in [4.69, 9.17) is 9.72 Å². The van der Waals surface area contributed by atoms with Gasteiger partial charge in [-0.3, -0.25) is 4.57 Å². The third kappa shape index (κ3) is 6.05.